The summed E-state index contributed by atoms with van der Waals surface area (Å²) in [5, 5.41) is 4.56. The Balaban J connectivity index is 2.08. The number of nitrogens with one attached hydrogen (secondary N) is 1. The van der Waals surface area contributed by atoms with Gasteiger partial charge in [0.1, 0.15) is 11.5 Å². The number of anilines is 1. The van der Waals surface area contributed by atoms with Crippen LogP contribution >= 0.6 is 0 Å². The number of rotatable bonds is 4. The lowest BCUT2D eigenvalue weighted by atomic mass is 10.1. The molecular weight excluding hydrogens is 298 g/mol. The van der Waals surface area contributed by atoms with Gasteiger partial charge in [-0.3, -0.25) is 0 Å². The highest BCUT2D eigenvalue weighted by Crippen LogP contribution is 2.30. The van der Waals surface area contributed by atoms with E-state index < -0.39 is 6.43 Å². The normalized spacial score (nSPS) is 15.0. The Hall–Kier alpha value is -2.11. The highest BCUT2D eigenvalue weighted by atomic mass is 19.3. The van der Waals surface area contributed by atoms with Gasteiger partial charge in [0, 0.05) is 28.7 Å². The number of aromatic nitrogens is 2. The maximum Gasteiger partial charge on any atom is 0.280 e. The zero-order chi connectivity index (χ0) is 16.4. The van der Waals surface area contributed by atoms with Gasteiger partial charge in [0.15, 0.2) is 5.82 Å². The molecule has 122 valence electrons. The summed E-state index contributed by atoms with van der Waals surface area (Å²) in [6, 6.07) is 3.31. The van der Waals surface area contributed by atoms with Crippen molar-refractivity contribution in [2.24, 2.45) is 4.99 Å². The van der Waals surface area contributed by atoms with E-state index in [1.54, 1.807) is 6.20 Å². The van der Waals surface area contributed by atoms with E-state index in [1.807, 2.05) is 19.9 Å². The molecule has 0 saturated heterocycles. The van der Waals surface area contributed by atoms with Gasteiger partial charge in [0.2, 0.25) is 0 Å². The molecule has 2 aromatic heterocycles. The van der Waals surface area contributed by atoms with Crippen LogP contribution in [0.25, 0.3) is 10.8 Å². The van der Waals surface area contributed by atoms with Crippen molar-refractivity contribution in [3.8, 4) is 0 Å². The van der Waals surface area contributed by atoms with E-state index in [1.165, 1.54) is 18.9 Å². The summed E-state index contributed by atoms with van der Waals surface area (Å²) in [4.78, 5) is 13.0. The number of nitrogens with zero attached hydrogens (tertiary/aromatic N) is 3. The molecule has 1 saturated carbocycles. The molecule has 1 aliphatic rings. The van der Waals surface area contributed by atoms with Crippen LogP contribution in [-0.2, 0) is 0 Å². The Morgan fingerprint density at radius 2 is 1.91 bits per heavy atom. The van der Waals surface area contributed by atoms with Crippen LogP contribution in [0.4, 0.5) is 20.4 Å². The van der Waals surface area contributed by atoms with Crippen molar-refractivity contribution in [3.05, 3.63) is 24.0 Å². The minimum atomic E-state index is -2.61. The predicted octanol–water partition coefficient (Wildman–Crippen LogP) is 5.03. The van der Waals surface area contributed by atoms with E-state index in [9.17, 15) is 8.78 Å². The molecule has 1 N–H and O–H groups in total. The SMILES string of the molecule is CC(C)Nc1nc(C(F)F)cc2cnc(N=C3CCCC3)cc12. The van der Waals surface area contributed by atoms with Gasteiger partial charge in [-0.25, -0.2) is 23.7 Å². The van der Waals surface area contributed by atoms with Gasteiger partial charge in [-0.05, 0) is 51.7 Å². The molecule has 2 heterocycles. The molecule has 0 aliphatic heterocycles. The van der Waals surface area contributed by atoms with Crippen LogP contribution in [0.5, 0.6) is 0 Å². The molecule has 0 aromatic carbocycles. The van der Waals surface area contributed by atoms with Crippen LogP contribution in [0, 0.1) is 0 Å². The lowest BCUT2D eigenvalue weighted by Gasteiger charge is -2.14. The maximum atomic E-state index is 13.0. The van der Waals surface area contributed by atoms with Crippen molar-refractivity contribution in [1.29, 1.82) is 0 Å². The number of pyridine rings is 2. The van der Waals surface area contributed by atoms with Crippen LogP contribution in [0.3, 0.4) is 0 Å². The average Bonchev–Trinajstić information content (AvgIpc) is 2.99. The number of alkyl halides is 2. The van der Waals surface area contributed by atoms with Crippen molar-refractivity contribution in [2.75, 3.05) is 5.32 Å². The number of hydrogen-bond acceptors (Lipinski definition) is 4. The predicted molar refractivity (Wildman–Crippen MR) is 88.8 cm³/mol. The van der Waals surface area contributed by atoms with Gasteiger partial charge in [0.05, 0.1) is 0 Å². The van der Waals surface area contributed by atoms with Crippen molar-refractivity contribution < 1.29 is 8.78 Å². The second-order valence-corrected chi connectivity index (χ2v) is 6.14. The largest absolute Gasteiger partial charge is 0.367 e. The highest BCUT2D eigenvalue weighted by Gasteiger charge is 2.15. The minimum absolute atomic E-state index is 0.0939. The monoisotopic (exact) mass is 318 g/mol. The molecular formula is C17H20F2N4. The molecule has 0 bridgehead atoms. The first-order valence-corrected chi connectivity index (χ1v) is 7.95. The zero-order valence-electron chi connectivity index (χ0n) is 13.3. The third kappa shape index (κ3) is 3.63. The fourth-order valence-electron chi connectivity index (χ4n) is 2.77. The second-order valence-electron chi connectivity index (χ2n) is 6.14. The van der Waals surface area contributed by atoms with Gasteiger partial charge in [-0.15, -0.1) is 0 Å². The van der Waals surface area contributed by atoms with Crippen LogP contribution in [0.2, 0.25) is 0 Å². The number of fused-ring (bicyclic) bond motifs is 1. The van der Waals surface area contributed by atoms with E-state index in [2.05, 4.69) is 20.3 Å². The Morgan fingerprint density at radius 3 is 2.57 bits per heavy atom. The molecule has 23 heavy (non-hydrogen) atoms. The summed E-state index contributed by atoms with van der Waals surface area (Å²) in [5.74, 6) is 1.08. The summed E-state index contributed by atoms with van der Waals surface area (Å²) in [6.45, 7) is 3.90. The summed E-state index contributed by atoms with van der Waals surface area (Å²) in [6.07, 6.45) is 3.37. The van der Waals surface area contributed by atoms with Crippen molar-refractivity contribution in [2.45, 2.75) is 52.0 Å². The molecule has 0 radical (unpaired) electrons. The molecule has 6 heteroatoms. The Bertz CT molecular complexity index is 733. The summed E-state index contributed by atoms with van der Waals surface area (Å²) in [5.41, 5.74) is 0.921. The fourth-order valence-corrected chi connectivity index (χ4v) is 2.77. The van der Waals surface area contributed by atoms with E-state index in [-0.39, 0.29) is 11.7 Å². The van der Waals surface area contributed by atoms with Crippen LogP contribution < -0.4 is 5.32 Å². The molecule has 0 spiro atoms. The van der Waals surface area contributed by atoms with Crippen molar-refractivity contribution in [1.82, 2.24) is 9.97 Å². The first-order chi connectivity index (χ1) is 11.0. The van der Waals surface area contributed by atoms with E-state index in [0.717, 1.165) is 23.9 Å². The van der Waals surface area contributed by atoms with E-state index in [4.69, 9.17) is 0 Å². The summed E-state index contributed by atoms with van der Waals surface area (Å²) >= 11 is 0. The molecule has 4 nitrogen and oxygen atoms in total. The average molecular weight is 318 g/mol. The number of hydrogen-bond donors (Lipinski definition) is 1. The molecule has 0 amide bonds. The maximum absolute atomic E-state index is 13.0. The van der Waals surface area contributed by atoms with Gasteiger partial charge in [-0.1, -0.05) is 0 Å². The van der Waals surface area contributed by atoms with Crippen LogP contribution in [0.1, 0.15) is 51.7 Å². The second kappa shape index (κ2) is 6.56. The minimum Gasteiger partial charge on any atom is -0.367 e. The Kier molecular flexibility index (Phi) is 4.50. The molecule has 2 aromatic rings. The van der Waals surface area contributed by atoms with Gasteiger partial charge < -0.3 is 5.32 Å². The van der Waals surface area contributed by atoms with E-state index in [0.29, 0.717) is 17.0 Å². The third-order valence-corrected chi connectivity index (χ3v) is 3.82. The number of halogens is 2. The quantitative estimate of drug-likeness (QED) is 0.859. The lowest BCUT2D eigenvalue weighted by molar-refractivity contribution is 0.146. The van der Waals surface area contributed by atoms with Gasteiger partial charge >= 0.3 is 0 Å². The topological polar surface area (TPSA) is 50.2 Å². The number of aliphatic imine (C=N–C) groups is 1. The summed E-state index contributed by atoms with van der Waals surface area (Å²) < 4.78 is 26.1. The van der Waals surface area contributed by atoms with Crippen molar-refractivity contribution >= 4 is 28.1 Å². The zero-order valence-corrected chi connectivity index (χ0v) is 13.3. The smallest absolute Gasteiger partial charge is 0.280 e. The fraction of sp³-hybridized carbons (Fsp3) is 0.471. The summed E-state index contributed by atoms with van der Waals surface area (Å²) in [7, 11) is 0. The Labute approximate surface area is 134 Å². The van der Waals surface area contributed by atoms with Gasteiger partial charge in [-0.2, -0.15) is 0 Å². The first kappa shape index (κ1) is 15.8. The standard InChI is InChI=1S/C17H20F2N4/c1-10(2)21-17-13-8-15(22-12-5-3-4-6-12)20-9-11(13)7-14(23-17)16(18)19/h7-10,16H,3-6H2,1-2H3,(H,21,23). The highest BCUT2D eigenvalue weighted by molar-refractivity contribution is 5.94. The van der Waals surface area contributed by atoms with Gasteiger partial charge in [0.25, 0.3) is 6.43 Å². The third-order valence-electron chi connectivity index (χ3n) is 3.82. The lowest BCUT2D eigenvalue weighted by Crippen LogP contribution is -2.12. The molecule has 1 aliphatic carbocycles. The first-order valence-electron chi connectivity index (χ1n) is 7.95. The van der Waals surface area contributed by atoms with Crippen LogP contribution in [0.15, 0.2) is 23.3 Å². The van der Waals surface area contributed by atoms with E-state index >= 15 is 0 Å². The molecule has 0 atom stereocenters. The molecule has 3 rings (SSSR count). The van der Waals surface area contributed by atoms with Crippen LogP contribution in [-0.4, -0.2) is 21.7 Å². The molecule has 1 fully saturated rings. The van der Waals surface area contributed by atoms with Crippen molar-refractivity contribution in [3.63, 3.8) is 0 Å². The molecule has 0 unspecified atom stereocenters. The Morgan fingerprint density at radius 1 is 1.17 bits per heavy atom.